The summed E-state index contributed by atoms with van der Waals surface area (Å²) in [5.41, 5.74) is 1.27. The third kappa shape index (κ3) is 3.60. The highest BCUT2D eigenvalue weighted by atomic mass is 16.2. The highest BCUT2D eigenvalue weighted by Crippen LogP contribution is 2.20. The molecule has 1 aromatic rings. The van der Waals surface area contributed by atoms with E-state index in [4.69, 9.17) is 0 Å². The van der Waals surface area contributed by atoms with Gasteiger partial charge in [0.25, 0.3) is 0 Å². The van der Waals surface area contributed by atoms with Crippen LogP contribution in [0.4, 0.5) is 0 Å². The average molecular weight is 274 g/mol. The Hall–Kier alpha value is -1.35. The van der Waals surface area contributed by atoms with Gasteiger partial charge in [0.1, 0.15) is 0 Å². The first-order chi connectivity index (χ1) is 9.76. The maximum Gasteiger partial charge on any atom is 0.225 e. The molecule has 1 N–H and O–H groups in total. The van der Waals surface area contributed by atoms with Gasteiger partial charge in [0.15, 0.2) is 0 Å². The fourth-order valence-electron chi connectivity index (χ4n) is 2.93. The van der Waals surface area contributed by atoms with Crippen molar-refractivity contribution in [3.8, 4) is 0 Å². The highest BCUT2D eigenvalue weighted by Gasteiger charge is 2.26. The van der Waals surface area contributed by atoms with Gasteiger partial charge in [-0.1, -0.05) is 44.2 Å². The number of hydrogen-bond acceptors (Lipinski definition) is 2. The maximum atomic E-state index is 12.6. The van der Waals surface area contributed by atoms with Crippen LogP contribution in [0, 0.1) is 5.92 Å². The minimum atomic E-state index is 0.185. The molecule has 0 aliphatic carbocycles. The Labute approximate surface area is 122 Å². The highest BCUT2D eigenvalue weighted by molar-refractivity contribution is 5.78. The number of hydrogen-bond donors (Lipinski definition) is 1. The lowest BCUT2D eigenvalue weighted by atomic mass is 10.0. The molecule has 2 rings (SSSR count). The minimum absolute atomic E-state index is 0.185. The molecule has 0 aromatic heterocycles. The number of benzene rings is 1. The van der Waals surface area contributed by atoms with E-state index in [2.05, 4.69) is 48.3 Å². The largest absolute Gasteiger partial charge is 0.341 e. The molecule has 1 fully saturated rings. The Balaban J connectivity index is 2.09. The van der Waals surface area contributed by atoms with Crippen molar-refractivity contribution >= 4 is 5.91 Å². The molecule has 0 saturated carbocycles. The van der Waals surface area contributed by atoms with Crippen LogP contribution in [0.1, 0.15) is 44.7 Å². The van der Waals surface area contributed by atoms with E-state index >= 15 is 0 Å². The molecule has 1 aliphatic heterocycles. The third-order valence-corrected chi connectivity index (χ3v) is 4.25. The fourth-order valence-corrected chi connectivity index (χ4v) is 2.93. The molecule has 1 aromatic carbocycles. The Morgan fingerprint density at radius 3 is 2.65 bits per heavy atom. The van der Waals surface area contributed by atoms with E-state index in [1.54, 1.807) is 0 Å². The van der Waals surface area contributed by atoms with Crippen molar-refractivity contribution < 1.29 is 4.79 Å². The van der Waals surface area contributed by atoms with Crippen LogP contribution in [-0.2, 0) is 4.79 Å². The van der Waals surface area contributed by atoms with Crippen molar-refractivity contribution in [1.82, 2.24) is 10.2 Å². The molecule has 3 nitrogen and oxygen atoms in total. The van der Waals surface area contributed by atoms with Crippen LogP contribution in [-0.4, -0.2) is 30.4 Å². The van der Waals surface area contributed by atoms with Gasteiger partial charge >= 0.3 is 0 Å². The van der Waals surface area contributed by atoms with E-state index in [-0.39, 0.29) is 12.0 Å². The Morgan fingerprint density at radius 1 is 1.30 bits per heavy atom. The first-order valence-electron chi connectivity index (χ1n) is 7.83. The maximum absolute atomic E-state index is 12.6. The third-order valence-electron chi connectivity index (χ3n) is 4.25. The first-order valence-corrected chi connectivity index (χ1v) is 7.83. The number of carbonyl (C=O) groups is 1. The van der Waals surface area contributed by atoms with Crippen molar-refractivity contribution in [1.29, 1.82) is 0 Å². The molecule has 0 bridgehead atoms. The van der Waals surface area contributed by atoms with Crippen molar-refractivity contribution in [2.45, 2.75) is 39.2 Å². The summed E-state index contributed by atoms with van der Waals surface area (Å²) in [5.74, 6) is 0.518. The van der Waals surface area contributed by atoms with Crippen molar-refractivity contribution in [2.75, 3.05) is 19.6 Å². The van der Waals surface area contributed by atoms with Crippen LogP contribution >= 0.6 is 0 Å². The summed E-state index contributed by atoms with van der Waals surface area (Å²) in [4.78, 5) is 14.7. The van der Waals surface area contributed by atoms with E-state index < -0.39 is 0 Å². The number of nitrogens with one attached hydrogen (secondary N) is 1. The van der Waals surface area contributed by atoms with Gasteiger partial charge in [0, 0.05) is 25.0 Å². The predicted octanol–water partition coefficient (Wildman–Crippen LogP) is 2.99. The lowest BCUT2D eigenvalue weighted by Crippen LogP contribution is -2.39. The molecular formula is C17H26N2O. The lowest BCUT2D eigenvalue weighted by Gasteiger charge is -2.28. The van der Waals surface area contributed by atoms with Gasteiger partial charge in [-0.3, -0.25) is 4.79 Å². The van der Waals surface area contributed by atoms with E-state index in [1.807, 2.05) is 6.07 Å². The van der Waals surface area contributed by atoms with Gasteiger partial charge in [0.2, 0.25) is 5.91 Å². The van der Waals surface area contributed by atoms with Crippen LogP contribution in [0.3, 0.4) is 0 Å². The number of amides is 1. The SMILES string of the molecule is CCC(CC)C(=O)N1CCCNC(c2ccccc2)C1. The summed E-state index contributed by atoms with van der Waals surface area (Å²) in [6.07, 6.45) is 2.92. The normalized spacial score (nSPS) is 19.9. The van der Waals surface area contributed by atoms with Crippen molar-refractivity contribution in [3.63, 3.8) is 0 Å². The smallest absolute Gasteiger partial charge is 0.225 e. The summed E-state index contributed by atoms with van der Waals surface area (Å²) < 4.78 is 0. The van der Waals surface area contributed by atoms with Crippen LogP contribution in [0.15, 0.2) is 30.3 Å². The standard InChI is InChI=1S/C17H26N2O/c1-3-14(4-2)17(20)19-12-8-11-18-16(13-19)15-9-6-5-7-10-15/h5-7,9-10,14,16,18H,3-4,8,11-13H2,1-2H3. The van der Waals surface area contributed by atoms with Crippen molar-refractivity contribution in [2.24, 2.45) is 5.92 Å². The van der Waals surface area contributed by atoms with Crippen LogP contribution in [0.2, 0.25) is 0 Å². The fraction of sp³-hybridized carbons (Fsp3) is 0.588. The summed E-state index contributed by atoms with van der Waals surface area (Å²) in [6.45, 7) is 6.87. The average Bonchev–Trinajstić information content (AvgIpc) is 2.75. The topological polar surface area (TPSA) is 32.3 Å². The monoisotopic (exact) mass is 274 g/mol. The molecule has 1 unspecified atom stereocenters. The summed E-state index contributed by atoms with van der Waals surface area (Å²) in [6, 6.07) is 10.7. The van der Waals surface area contributed by atoms with E-state index in [9.17, 15) is 4.79 Å². The molecule has 3 heteroatoms. The Bertz CT molecular complexity index is 414. The molecule has 110 valence electrons. The van der Waals surface area contributed by atoms with Gasteiger partial charge in [-0.15, -0.1) is 0 Å². The second kappa shape index (κ2) is 7.44. The molecule has 1 amide bonds. The van der Waals surface area contributed by atoms with Gasteiger partial charge < -0.3 is 10.2 Å². The zero-order valence-corrected chi connectivity index (χ0v) is 12.6. The number of rotatable bonds is 4. The number of carbonyl (C=O) groups excluding carboxylic acids is 1. The zero-order chi connectivity index (χ0) is 14.4. The quantitative estimate of drug-likeness (QED) is 0.915. The predicted molar refractivity (Wildman–Crippen MR) is 82.5 cm³/mol. The van der Waals surface area contributed by atoms with Gasteiger partial charge in [0.05, 0.1) is 0 Å². The molecule has 20 heavy (non-hydrogen) atoms. The molecule has 1 heterocycles. The first kappa shape index (κ1) is 15.0. The summed E-state index contributed by atoms with van der Waals surface area (Å²) in [7, 11) is 0. The van der Waals surface area contributed by atoms with Crippen LogP contribution < -0.4 is 5.32 Å². The second-order valence-electron chi connectivity index (χ2n) is 5.57. The van der Waals surface area contributed by atoms with Gasteiger partial charge in [-0.25, -0.2) is 0 Å². The summed E-state index contributed by atoms with van der Waals surface area (Å²) in [5, 5.41) is 3.56. The second-order valence-corrected chi connectivity index (χ2v) is 5.57. The molecule has 1 aliphatic rings. The van der Waals surface area contributed by atoms with E-state index in [1.165, 1.54) is 5.56 Å². The van der Waals surface area contributed by atoms with Crippen LogP contribution in [0.25, 0.3) is 0 Å². The van der Waals surface area contributed by atoms with Crippen LogP contribution in [0.5, 0.6) is 0 Å². The van der Waals surface area contributed by atoms with Gasteiger partial charge in [-0.2, -0.15) is 0 Å². The molecule has 0 radical (unpaired) electrons. The zero-order valence-electron chi connectivity index (χ0n) is 12.6. The van der Waals surface area contributed by atoms with E-state index in [0.717, 1.165) is 38.9 Å². The van der Waals surface area contributed by atoms with E-state index in [0.29, 0.717) is 5.91 Å². The number of nitrogens with zero attached hydrogens (tertiary/aromatic N) is 1. The Morgan fingerprint density at radius 2 is 2.00 bits per heavy atom. The molecule has 1 atom stereocenters. The molecule has 0 spiro atoms. The van der Waals surface area contributed by atoms with Gasteiger partial charge in [-0.05, 0) is 31.4 Å². The minimum Gasteiger partial charge on any atom is -0.341 e. The lowest BCUT2D eigenvalue weighted by molar-refractivity contribution is -0.135. The Kier molecular flexibility index (Phi) is 5.60. The molecular weight excluding hydrogens is 248 g/mol. The molecule has 1 saturated heterocycles. The van der Waals surface area contributed by atoms with Crippen molar-refractivity contribution in [3.05, 3.63) is 35.9 Å². The summed E-state index contributed by atoms with van der Waals surface area (Å²) >= 11 is 0.